The largest absolute Gasteiger partial charge is 0.401 e. The average Bonchev–Trinajstić information content (AvgIpc) is 2.46. The average molecular weight is 336 g/mol. The van der Waals surface area contributed by atoms with E-state index in [-0.39, 0.29) is 31.1 Å². The van der Waals surface area contributed by atoms with Crippen LogP contribution < -0.4 is 0 Å². The van der Waals surface area contributed by atoms with Gasteiger partial charge in [0.25, 0.3) is 0 Å². The highest BCUT2D eigenvalue weighted by Crippen LogP contribution is 2.21. The van der Waals surface area contributed by atoms with Gasteiger partial charge in [0.05, 0.1) is 11.4 Å². The Balaban J connectivity index is 2.02. The molecule has 22 heavy (non-hydrogen) atoms. The lowest BCUT2D eigenvalue weighted by molar-refractivity contribution is -0.148. The highest BCUT2D eigenvalue weighted by atomic mass is 32.2. The Morgan fingerprint density at radius 1 is 1.05 bits per heavy atom. The van der Waals surface area contributed by atoms with Gasteiger partial charge >= 0.3 is 6.18 Å². The van der Waals surface area contributed by atoms with Crippen molar-refractivity contribution in [2.75, 3.05) is 32.7 Å². The number of nitrogens with zero attached hydrogens (tertiary/aromatic N) is 2. The minimum absolute atomic E-state index is 0.0773. The Bertz CT molecular complexity index is 592. The monoisotopic (exact) mass is 336 g/mol. The fourth-order valence-corrected chi connectivity index (χ4v) is 3.85. The molecule has 0 atom stereocenters. The van der Waals surface area contributed by atoms with Crippen LogP contribution in [-0.4, -0.2) is 56.5 Å². The third-order valence-corrected chi connectivity index (χ3v) is 5.62. The molecule has 0 saturated carbocycles. The molecule has 4 nitrogen and oxygen atoms in total. The van der Waals surface area contributed by atoms with Gasteiger partial charge in [-0.25, -0.2) is 8.42 Å². The van der Waals surface area contributed by atoms with E-state index in [0.29, 0.717) is 0 Å². The highest BCUT2D eigenvalue weighted by Gasteiger charge is 2.34. The molecular formula is C14H19F3N2O2S. The number of benzene rings is 1. The van der Waals surface area contributed by atoms with Gasteiger partial charge in [0, 0.05) is 26.2 Å². The second-order valence-corrected chi connectivity index (χ2v) is 7.23. The summed E-state index contributed by atoms with van der Waals surface area (Å²) in [4.78, 5) is 1.42. The number of rotatable bonds is 4. The van der Waals surface area contributed by atoms with Crippen LogP contribution in [0.4, 0.5) is 13.2 Å². The number of halogens is 3. The smallest absolute Gasteiger partial charge is 0.292 e. The normalized spacial score (nSPS) is 18.5. The number of hydrogen-bond acceptors (Lipinski definition) is 3. The van der Waals surface area contributed by atoms with Gasteiger partial charge in [0.2, 0.25) is 10.0 Å². The van der Waals surface area contributed by atoms with Crippen LogP contribution in [0.2, 0.25) is 0 Å². The molecule has 0 spiro atoms. The van der Waals surface area contributed by atoms with Gasteiger partial charge in [-0.05, 0) is 24.1 Å². The van der Waals surface area contributed by atoms with Crippen LogP contribution >= 0.6 is 0 Å². The van der Waals surface area contributed by atoms with E-state index in [1.54, 1.807) is 24.3 Å². The maximum Gasteiger partial charge on any atom is 0.401 e. The molecule has 124 valence electrons. The standard InChI is InChI=1S/C14H19F3N2O2S/c1-2-12-3-5-13(6-4-12)22(20,21)19-9-7-18(8-10-19)11-14(15,16)17/h3-6H,2,7-11H2,1H3. The molecule has 8 heteroatoms. The summed E-state index contributed by atoms with van der Waals surface area (Å²) in [5.74, 6) is 0. The maximum atomic E-state index is 12.5. The molecule has 0 N–H and O–H groups in total. The summed E-state index contributed by atoms with van der Waals surface area (Å²) in [7, 11) is -3.63. The number of alkyl halides is 3. The Morgan fingerprint density at radius 2 is 1.59 bits per heavy atom. The molecule has 1 aliphatic rings. The van der Waals surface area contributed by atoms with Gasteiger partial charge in [0.1, 0.15) is 0 Å². The third kappa shape index (κ3) is 4.21. The summed E-state index contributed by atoms with van der Waals surface area (Å²) in [6.45, 7) is 1.31. The van der Waals surface area contributed by atoms with Crippen molar-refractivity contribution in [3.63, 3.8) is 0 Å². The van der Waals surface area contributed by atoms with E-state index in [4.69, 9.17) is 0 Å². The van der Waals surface area contributed by atoms with E-state index in [0.717, 1.165) is 12.0 Å². The van der Waals surface area contributed by atoms with Crippen molar-refractivity contribution in [2.24, 2.45) is 0 Å². The molecule has 1 aromatic carbocycles. The molecule has 1 aromatic rings. The number of sulfonamides is 1. The first-order valence-corrected chi connectivity index (χ1v) is 8.54. The zero-order chi connectivity index (χ0) is 16.4. The van der Waals surface area contributed by atoms with Gasteiger partial charge in [-0.3, -0.25) is 4.90 Å². The van der Waals surface area contributed by atoms with Crippen molar-refractivity contribution in [2.45, 2.75) is 24.4 Å². The third-order valence-electron chi connectivity index (χ3n) is 3.70. The molecule has 0 unspecified atom stereocenters. The minimum Gasteiger partial charge on any atom is -0.292 e. The van der Waals surface area contributed by atoms with E-state index >= 15 is 0 Å². The fraction of sp³-hybridized carbons (Fsp3) is 0.571. The van der Waals surface area contributed by atoms with E-state index in [9.17, 15) is 21.6 Å². The Kier molecular flexibility index (Phi) is 5.14. The van der Waals surface area contributed by atoms with Crippen LogP contribution in [0.15, 0.2) is 29.2 Å². The van der Waals surface area contributed by atoms with Crippen molar-refractivity contribution in [1.29, 1.82) is 0 Å². The Labute approximate surface area is 128 Å². The predicted octanol–water partition coefficient (Wildman–Crippen LogP) is 2.12. The molecule has 1 saturated heterocycles. The van der Waals surface area contributed by atoms with Crippen LogP contribution in [0.25, 0.3) is 0 Å². The molecule has 0 bridgehead atoms. The van der Waals surface area contributed by atoms with Crippen molar-refractivity contribution in [1.82, 2.24) is 9.21 Å². The summed E-state index contributed by atoms with van der Waals surface area (Å²) in [5, 5.41) is 0. The maximum absolute atomic E-state index is 12.5. The van der Waals surface area contributed by atoms with E-state index in [2.05, 4.69) is 0 Å². The van der Waals surface area contributed by atoms with Gasteiger partial charge in [0.15, 0.2) is 0 Å². The Hall–Kier alpha value is -1.12. The molecule has 2 rings (SSSR count). The molecule has 0 radical (unpaired) electrons. The summed E-state index contributed by atoms with van der Waals surface area (Å²) in [5.41, 5.74) is 1.04. The van der Waals surface area contributed by atoms with Crippen molar-refractivity contribution in [3.8, 4) is 0 Å². The predicted molar refractivity (Wildman–Crippen MR) is 77.1 cm³/mol. The van der Waals surface area contributed by atoms with Gasteiger partial charge in [-0.2, -0.15) is 17.5 Å². The fourth-order valence-electron chi connectivity index (χ4n) is 2.43. The SMILES string of the molecule is CCc1ccc(S(=O)(=O)N2CCN(CC(F)(F)F)CC2)cc1. The summed E-state index contributed by atoms with van der Waals surface area (Å²) < 4.78 is 63.2. The second kappa shape index (κ2) is 6.55. The van der Waals surface area contributed by atoms with Crippen molar-refractivity contribution >= 4 is 10.0 Å². The highest BCUT2D eigenvalue weighted by molar-refractivity contribution is 7.89. The van der Waals surface area contributed by atoms with Gasteiger partial charge in [-0.1, -0.05) is 19.1 Å². The summed E-state index contributed by atoms with van der Waals surface area (Å²) in [6, 6.07) is 6.62. The van der Waals surface area contributed by atoms with Crippen LogP contribution in [0, 0.1) is 0 Å². The lowest BCUT2D eigenvalue weighted by Crippen LogP contribution is -2.50. The summed E-state index contributed by atoms with van der Waals surface area (Å²) >= 11 is 0. The number of aryl methyl sites for hydroxylation is 1. The van der Waals surface area contributed by atoms with Crippen molar-refractivity contribution < 1.29 is 21.6 Å². The van der Waals surface area contributed by atoms with Crippen LogP contribution in [0.3, 0.4) is 0 Å². The first kappa shape index (κ1) is 17.2. The van der Waals surface area contributed by atoms with E-state index in [1.165, 1.54) is 9.21 Å². The van der Waals surface area contributed by atoms with E-state index in [1.807, 2.05) is 6.92 Å². The first-order chi connectivity index (χ1) is 10.2. The van der Waals surface area contributed by atoms with Crippen molar-refractivity contribution in [3.05, 3.63) is 29.8 Å². The molecule has 0 aromatic heterocycles. The van der Waals surface area contributed by atoms with Crippen LogP contribution in [0.5, 0.6) is 0 Å². The molecule has 1 fully saturated rings. The zero-order valence-corrected chi connectivity index (χ0v) is 13.1. The topological polar surface area (TPSA) is 40.6 Å². The van der Waals surface area contributed by atoms with Crippen LogP contribution in [-0.2, 0) is 16.4 Å². The first-order valence-electron chi connectivity index (χ1n) is 7.10. The second-order valence-electron chi connectivity index (χ2n) is 5.29. The lowest BCUT2D eigenvalue weighted by Gasteiger charge is -2.34. The van der Waals surface area contributed by atoms with E-state index < -0.39 is 22.7 Å². The molecule has 0 aliphatic carbocycles. The zero-order valence-electron chi connectivity index (χ0n) is 12.3. The molecule has 1 heterocycles. The molecular weight excluding hydrogens is 317 g/mol. The molecule has 1 aliphatic heterocycles. The Morgan fingerprint density at radius 3 is 2.05 bits per heavy atom. The number of piperazine rings is 1. The van der Waals surface area contributed by atoms with Crippen LogP contribution in [0.1, 0.15) is 12.5 Å². The number of hydrogen-bond donors (Lipinski definition) is 0. The van der Waals surface area contributed by atoms with Gasteiger partial charge in [-0.15, -0.1) is 0 Å². The lowest BCUT2D eigenvalue weighted by atomic mass is 10.2. The minimum atomic E-state index is -4.25. The quantitative estimate of drug-likeness (QED) is 0.846. The van der Waals surface area contributed by atoms with Gasteiger partial charge < -0.3 is 0 Å². The summed E-state index contributed by atoms with van der Waals surface area (Å²) in [6.07, 6.45) is -3.44. The molecule has 0 amide bonds.